The molecule has 3 aliphatic rings. The Kier molecular flexibility index (Phi) is 7.89. The molecule has 0 spiro atoms. The summed E-state index contributed by atoms with van der Waals surface area (Å²) in [6.07, 6.45) is -4.24. The van der Waals surface area contributed by atoms with Gasteiger partial charge in [-0.1, -0.05) is 0 Å². The summed E-state index contributed by atoms with van der Waals surface area (Å²) in [4.78, 5) is 34.7. The highest BCUT2D eigenvalue weighted by atomic mass is 16.7. The summed E-state index contributed by atoms with van der Waals surface area (Å²) in [7, 11) is 0. The number of aliphatic hydroxyl groups is 4. The minimum Gasteiger partial charge on any atom is -0.543 e. The van der Waals surface area contributed by atoms with Crippen LogP contribution in [0, 0.1) is 0 Å². The predicted octanol–water partition coefficient (Wildman–Crippen LogP) is -3.70. The van der Waals surface area contributed by atoms with Crippen LogP contribution in [0.1, 0.15) is 12.0 Å². The molecule has 2 unspecified atom stereocenters. The fraction of sp³-hybridized carbons (Fsp3) is 0.417. The number of aliphatic hydroxyl groups excluding tert-OH is 4. The third-order valence-corrected chi connectivity index (χ3v) is 6.63. The van der Waals surface area contributed by atoms with Crippen molar-refractivity contribution >= 4 is 29.8 Å². The van der Waals surface area contributed by atoms with Crippen LogP contribution >= 0.6 is 0 Å². The number of phenols is 1. The fourth-order valence-electron chi connectivity index (χ4n) is 4.57. The van der Waals surface area contributed by atoms with E-state index in [9.17, 15) is 55.2 Å². The number of aromatic hydroxyl groups is 1. The van der Waals surface area contributed by atoms with E-state index in [1.54, 1.807) is 0 Å². The molecule has 8 N–H and O–H groups in total. The Morgan fingerprint density at radius 1 is 1.13 bits per heavy atom. The van der Waals surface area contributed by atoms with E-state index in [1.807, 2.05) is 0 Å². The van der Waals surface area contributed by atoms with Crippen LogP contribution in [0.2, 0.25) is 0 Å². The molecule has 0 radical (unpaired) electrons. The Labute approximate surface area is 219 Å². The molecule has 0 aromatic heterocycles. The van der Waals surface area contributed by atoms with Gasteiger partial charge >= 0.3 is 11.9 Å². The summed E-state index contributed by atoms with van der Waals surface area (Å²) in [5.41, 5.74) is 0.535. The molecule has 7 atom stereocenters. The average Bonchev–Trinajstić information content (AvgIpc) is 3.24. The lowest BCUT2D eigenvalue weighted by Gasteiger charge is -2.39. The third kappa shape index (κ3) is 5.57. The standard InChI is InChI=1S/C24H26N2O13/c27-8-17-18(29)19(30)20(31)24(39-17)38-16-6-10-5-14(23(36)37)26(13(10)7-15(16)28)2-1-9-3-11(21(32)33)25-12(4-9)22(34)35/h1-3,6-7,12,14,17-20,24,27,29-31H,4-5,8H2,(H4,28,32,33,34,35,36,37)/t12?,14?,17-,18-,19+,20-,24+/m1/s1. The SMILES string of the molecule is O=C(O)C1=C/C(=C\C=[N+]2c3cc(O)c(O[C@H]4O[C@H](CO)[C@@H](O)[C@H](O)[C@H]4O)cc3CC2C(=O)[O-])CC(C(=O)O)N1. The lowest BCUT2D eigenvalue weighted by molar-refractivity contribution is -0.475. The lowest BCUT2D eigenvalue weighted by atomic mass is 9.99. The molecule has 3 aliphatic heterocycles. The summed E-state index contributed by atoms with van der Waals surface area (Å²) in [6, 6.07) is -0.00207. The van der Waals surface area contributed by atoms with Crippen molar-refractivity contribution in [1.29, 1.82) is 0 Å². The van der Waals surface area contributed by atoms with Crippen LogP contribution in [0.15, 0.2) is 35.6 Å². The van der Waals surface area contributed by atoms with Crippen LogP contribution in [-0.2, 0) is 25.5 Å². The van der Waals surface area contributed by atoms with Crippen molar-refractivity contribution in [3.8, 4) is 11.5 Å². The maximum atomic E-state index is 11.9. The van der Waals surface area contributed by atoms with E-state index in [0.29, 0.717) is 5.56 Å². The maximum absolute atomic E-state index is 11.9. The zero-order chi connectivity index (χ0) is 28.6. The van der Waals surface area contributed by atoms with E-state index in [0.717, 1.165) is 0 Å². The first-order valence-electron chi connectivity index (χ1n) is 11.7. The maximum Gasteiger partial charge on any atom is 0.351 e. The van der Waals surface area contributed by atoms with E-state index >= 15 is 0 Å². The molecule has 1 saturated heterocycles. The molecular formula is C24H26N2O13. The van der Waals surface area contributed by atoms with Gasteiger partial charge in [0.1, 0.15) is 42.1 Å². The number of nitrogens with zero attached hydrogens (tertiary/aromatic N) is 1. The minimum atomic E-state index is -1.74. The van der Waals surface area contributed by atoms with Crippen LogP contribution in [0.3, 0.4) is 0 Å². The number of rotatable bonds is 7. The number of nitrogens with one attached hydrogen (secondary N) is 1. The summed E-state index contributed by atoms with van der Waals surface area (Å²) in [5, 5.41) is 82.9. The number of hydrogen-bond donors (Lipinski definition) is 8. The van der Waals surface area contributed by atoms with Crippen molar-refractivity contribution in [2.75, 3.05) is 6.61 Å². The van der Waals surface area contributed by atoms with Crippen molar-refractivity contribution in [2.45, 2.75) is 55.6 Å². The van der Waals surface area contributed by atoms with Gasteiger partial charge in [-0.15, -0.1) is 0 Å². The second-order valence-electron chi connectivity index (χ2n) is 9.20. The van der Waals surface area contributed by atoms with Crippen LogP contribution in [0.5, 0.6) is 11.5 Å². The molecule has 4 rings (SSSR count). The van der Waals surface area contributed by atoms with Gasteiger partial charge in [0.25, 0.3) is 0 Å². The van der Waals surface area contributed by atoms with Gasteiger partial charge in [0.2, 0.25) is 18.0 Å². The van der Waals surface area contributed by atoms with Crippen LogP contribution in [-0.4, -0.2) is 114 Å². The molecule has 1 aromatic rings. The second-order valence-corrected chi connectivity index (χ2v) is 9.20. The van der Waals surface area contributed by atoms with Gasteiger partial charge in [-0.2, -0.15) is 4.58 Å². The number of carboxylic acids is 3. The van der Waals surface area contributed by atoms with Gasteiger partial charge in [0.05, 0.1) is 12.7 Å². The summed E-state index contributed by atoms with van der Waals surface area (Å²) in [5.74, 6) is -4.86. The van der Waals surface area contributed by atoms with Gasteiger partial charge < -0.3 is 60.4 Å². The van der Waals surface area contributed by atoms with Gasteiger partial charge in [0, 0.05) is 24.5 Å². The smallest absolute Gasteiger partial charge is 0.351 e. The summed E-state index contributed by atoms with van der Waals surface area (Å²) < 4.78 is 12.0. The molecule has 210 valence electrons. The Morgan fingerprint density at radius 2 is 1.85 bits per heavy atom. The molecule has 1 aromatic carbocycles. The summed E-state index contributed by atoms with van der Waals surface area (Å²) >= 11 is 0. The first kappa shape index (κ1) is 28.0. The van der Waals surface area contributed by atoms with Crippen molar-refractivity contribution in [3.63, 3.8) is 0 Å². The van der Waals surface area contributed by atoms with Crippen molar-refractivity contribution in [1.82, 2.24) is 5.32 Å². The number of benzene rings is 1. The molecule has 15 heteroatoms. The molecule has 15 nitrogen and oxygen atoms in total. The molecule has 1 fully saturated rings. The largest absolute Gasteiger partial charge is 0.543 e. The van der Waals surface area contributed by atoms with Crippen molar-refractivity contribution < 1.29 is 69.3 Å². The van der Waals surface area contributed by atoms with Gasteiger partial charge in [0.15, 0.2) is 17.7 Å². The highest BCUT2D eigenvalue weighted by Crippen LogP contribution is 2.40. The number of fused-ring (bicyclic) bond motifs is 1. The molecular weight excluding hydrogens is 524 g/mol. The predicted molar refractivity (Wildman–Crippen MR) is 124 cm³/mol. The Morgan fingerprint density at radius 3 is 2.46 bits per heavy atom. The number of carbonyl (C=O) groups excluding carboxylic acids is 1. The van der Waals surface area contributed by atoms with Gasteiger partial charge in [-0.05, 0) is 17.7 Å². The zero-order valence-electron chi connectivity index (χ0n) is 20.1. The topological polar surface area (TPSA) is 249 Å². The first-order chi connectivity index (χ1) is 18.4. The Bertz CT molecular complexity index is 1270. The van der Waals surface area contributed by atoms with Crippen molar-refractivity contribution in [3.05, 3.63) is 41.1 Å². The van der Waals surface area contributed by atoms with E-state index in [4.69, 9.17) is 9.47 Å². The van der Waals surface area contributed by atoms with Gasteiger partial charge in [-0.25, -0.2) is 9.59 Å². The highest BCUT2D eigenvalue weighted by Gasteiger charge is 2.45. The molecule has 3 heterocycles. The van der Waals surface area contributed by atoms with E-state index < -0.39 is 73.1 Å². The highest BCUT2D eigenvalue weighted by molar-refractivity contribution is 5.89. The fourth-order valence-corrected chi connectivity index (χ4v) is 4.57. The normalized spacial score (nSPS) is 32.3. The minimum absolute atomic E-state index is 0.0869. The number of allylic oxidation sites excluding steroid dienone is 2. The molecule has 0 amide bonds. The third-order valence-electron chi connectivity index (χ3n) is 6.63. The number of carboxylic acid groups (broad SMARTS) is 3. The number of phenolic OH excluding ortho intramolecular Hbond substituents is 1. The average molecular weight is 550 g/mol. The monoisotopic (exact) mass is 550 g/mol. The van der Waals surface area contributed by atoms with Crippen molar-refractivity contribution in [2.24, 2.45) is 0 Å². The second kappa shape index (κ2) is 11.0. The van der Waals surface area contributed by atoms with E-state index in [1.165, 1.54) is 35.1 Å². The molecule has 0 aliphatic carbocycles. The molecule has 39 heavy (non-hydrogen) atoms. The Hall–Kier alpha value is -4.02. The number of aliphatic carboxylic acids is 3. The Balaban J connectivity index is 1.66. The summed E-state index contributed by atoms with van der Waals surface area (Å²) in [6.45, 7) is -0.693. The lowest BCUT2D eigenvalue weighted by Crippen LogP contribution is -2.60. The van der Waals surface area contributed by atoms with E-state index in [2.05, 4.69) is 5.32 Å². The number of hydrogen-bond acceptors (Lipinski definition) is 12. The van der Waals surface area contributed by atoms with Gasteiger partial charge in [-0.3, -0.25) is 0 Å². The molecule has 0 saturated carbocycles. The van der Waals surface area contributed by atoms with Crippen LogP contribution < -0.4 is 15.2 Å². The van der Waals surface area contributed by atoms with E-state index in [-0.39, 0.29) is 35.5 Å². The van der Waals surface area contributed by atoms with Crippen LogP contribution in [0.25, 0.3) is 0 Å². The quantitative estimate of drug-likeness (QED) is 0.152. The first-order valence-corrected chi connectivity index (χ1v) is 11.7. The zero-order valence-corrected chi connectivity index (χ0v) is 20.1. The number of carbonyl (C=O) groups is 3. The molecule has 0 bridgehead atoms. The number of ether oxygens (including phenoxy) is 2. The van der Waals surface area contributed by atoms with Crippen LogP contribution in [0.4, 0.5) is 5.69 Å².